The monoisotopic (exact) mass is 433 g/mol. The molecule has 0 unspecified atom stereocenters. The Balaban J connectivity index is 1.55. The van der Waals surface area contributed by atoms with Crippen molar-refractivity contribution in [3.05, 3.63) is 60.3 Å². The minimum atomic E-state index is -0.932. The Labute approximate surface area is 189 Å². The molecule has 0 aliphatic heterocycles. The van der Waals surface area contributed by atoms with Crippen molar-refractivity contribution in [1.29, 1.82) is 0 Å². The number of nitrogens with zero attached hydrogens (tertiary/aromatic N) is 3. The van der Waals surface area contributed by atoms with Crippen molar-refractivity contribution >= 4 is 22.8 Å². The van der Waals surface area contributed by atoms with Crippen LogP contribution in [0.1, 0.15) is 49.4 Å². The fraction of sp³-hybridized carbons (Fsp3) is 0.385. The lowest BCUT2D eigenvalue weighted by molar-refractivity contribution is -0.152. The first-order chi connectivity index (χ1) is 15.5. The highest BCUT2D eigenvalue weighted by Gasteiger charge is 2.25. The molecule has 4 rings (SSSR count). The van der Waals surface area contributed by atoms with Crippen LogP contribution in [0.4, 0.5) is 0 Å². The summed E-state index contributed by atoms with van der Waals surface area (Å²) in [5, 5.41) is 14.2. The Morgan fingerprint density at radius 1 is 1.00 bits per heavy atom. The largest absolute Gasteiger partial charge is 0.478 e. The van der Waals surface area contributed by atoms with Crippen LogP contribution < -0.4 is 0 Å². The first-order valence-corrected chi connectivity index (χ1v) is 11.4. The number of likely N-dealkylation sites (N-methyl/N-ethyl adjacent to an activating group) is 1. The summed E-state index contributed by atoms with van der Waals surface area (Å²) in [6.45, 7) is 2.98. The van der Waals surface area contributed by atoms with Crippen molar-refractivity contribution in [1.82, 2.24) is 14.6 Å². The number of carbonyl (C=O) groups excluding carboxylic acids is 1. The highest BCUT2D eigenvalue weighted by atomic mass is 16.4. The number of amides is 1. The lowest BCUT2D eigenvalue weighted by Gasteiger charge is -2.39. The van der Waals surface area contributed by atoms with Gasteiger partial charge in [0.05, 0.1) is 5.56 Å². The van der Waals surface area contributed by atoms with Gasteiger partial charge in [-0.1, -0.05) is 43.5 Å². The first kappa shape index (κ1) is 22.1. The maximum atomic E-state index is 13.2. The predicted molar refractivity (Wildman–Crippen MR) is 126 cm³/mol. The number of hydrogen-bond donors (Lipinski definition) is 1. The number of hydrazine groups is 1. The number of carboxylic acid groups (broad SMARTS) is 1. The second-order valence-corrected chi connectivity index (χ2v) is 8.57. The molecule has 0 spiro atoms. The van der Waals surface area contributed by atoms with E-state index in [9.17, 15) is 9.59 Å². The molecule has 6 heteroatoms. The fourth-order valence-electron chi connectivity index (χ4n) is 4.76. The average molecular weight is 434 g/mol. The third-order valence-electron chi connectivity index (χ3n) is 6.62. The second-order valence-electron chi connectivity index (χ2n) is 8.57. The van der Waals surface area contributed by atoms with Gasteiger partial charge in [0.2, 0.25) is 0 Å². The molecule has 1 fully saturated rings. The Hall–Kier alpha value is -3.12. The van der Waals surface area contributed by atoms with E-state index in [1.165, 1.54) is 19.3 Å². The zero-order valence-corrected chi connectivity index (χ0v) is 18.8. The van der Waals surface area contributed by atoms with Gasteiger partial charge in [-0.05, 0) is 60.5 Å². The standard InChI is InChI=1S/C26H31N3O3/c1-3-29(27(2)23-7-5-4-6-8-23)25(30)18-28-16-15-20-11-14-22(17-24(20)28)19-9-12-21(13-10-19)26(31)32/h9-17,23H,3-8,18H2,1-2H3,(H,31,32). The molecule has 1 aromatic heterocycles. The number of aromatic carboxylic acids is 1. The molecule has 1 amide bonds. The van der Waals surface area contributed by atoms with Gasteiger partial charge in [0.1, 0.15) is 6.54 Å². The van der Waals surface area contributed by atoms with Gasteiger partial charge in [0.25, 0.3) is 5.91 Å². The van der Waals surface area contributed by atoms with Gasteiger partial charge in [0.15, 0.2) is 0 Å². The molecule has 1 aliphatic carbocycles. The fourth-order valence-corrected chi connectivity index (χ4v) is 4.76. The third-order valence-corrected chi connectivity index (χ3v) is 6.62. The highest BCUT2D eigenvalue weighted by molar-refractivity contribution is 5.90. The molecular weight excluding hydrogens is 402 g/mol. The number of carbonyl (C=O) groups is 2. The summed E-state index contributed by atoms with van der Waals surface area (Å²) in [5.41, 5.74) is 3.21. The van der Waals surface area contributed by atoms with Gasteiger partial charge in [-0.3, -0.25) is 9.80 Å². The molecule has 32 heavy (non-hydrogen) atoms. The van der Waals surface area contributed by atoms with E-state index in [0.29, 0.717) is 12.6 Å². The number of benzene rings is 2. The Bertz CT molecular complexity index is 1100. The molecule has 6 nitrogen and oxygen atoms in total. The van der Waals surface area contributed by atoms with Gasteiger partial charge in [-0.25, -0.2) is 9.80 Å². The van der Waals surface area contributed by atoms with E-state index in [1.807, 2.05) is 60.1 Å². The topological polar surface area (TPSA) is 65.8 Å². The van der Waals surface area contributed by atoms with E-state index in [-0.39, 0.29) is 18.0 Å². The SMILES string of the molecule is CCN(C(=O)Cn1ccc2ccc(-c3ccc(C(=O)O)cc3)cc21)N(C)C1CCCCC1. The normalized spacial score (nSPS) is 14.7. The summed E-state index contributed by atoms with van der Waals surface area (Å²) >= 11 is 0. The lowest BCUT2D eigenvalue weighted by atomic mass is 9.95. The van der Waals surface area contributed by atoms with Gasteiger partial charge in [-0.2, -0.15) is 0 Å². The highest BCUT2D eigenvalue weighted by Crippen LogP contribution is 2.27. The maximum absolute atomic E-state index is 13.2. The summed E-state index contributed by atoms with van der Waals surface area (Å²) in [4.78, 5) is 24.4. The first-order valence-electron chi connectivity index (χ1n) is 11.4. The molecule has 0 bridgehead atoms. The van der Waals surface area contributed by atoms with Crippen LogP contribution in [0.15, 0.2) is 54.7 Å². The van der Waals surface area contributed by atoms with E-state index < -0.39 is 5.97 Å². The quantitative estimate of drug-likeness (QED) is 0.531. The zero-order valence-electron chi connectivity index (χ0n) is 18.8. The summed E-state index contributed by atoms with van der Waals surface area (Å²) in [5.74, 6) is -0.840. The van der Waals surface area contributed by atoms with Gasteiger partial charge in [-0.15, -0.1) is 0 Å². The molecular formula is C26H31N3O3. The van der Waals surface area contributed by atoms with Crippen molar-refractivity contribution in [2.75, 3.05) is 13.6 Å². The van der Waals surface area contributed by atoms with E-state index in [0.717, 1.165) is 34.9 Å². The van der Waals surface area contributed by atoms with Gasteiger partial charge < -0.3 is 9.67 Å². The number of hydrogen-bond acceptors (Lipinski definition) is 3. The molecule has 1 saturated carbocycles. The molecule has 1 aliphatic rings. The van der Waals surface area contributed by atoms with E-state index in [4.69, 9.17) is 5.11 Å². The van der Waals surface area contributed by atoms with Crippen LogP contribution in [0.2, 0.25) is 0 Å². The molecule has 168 valence electrons. The maximum Gasteiger partial charge on any atom is 0.335 e. The van der Waals surface area contributed by atoms with Crippen LogP contribution in [0.3, 0.4) is 0 Å². The van der Waals surface area contributed by atoms with Gasteiger partial charge in [0, 0.05) is 31.3 Å². The number of carboxylic acids is 1. The smallest absolute Gasteiger partial charge is 0.335 e. The lowest BCUT2D eigenvalue weighted by Crippen LogP contribution is -2.50. The summed E-state index contributed by atoms with van der Waals surface area (Å²) in [6.07, 6.45) is 8.03. The summed E-state index contributed by atoms with van der Waals surface area (Å²) in [7, 11) is 2.05. The molecule has 0 atom stereocenters. The van der Waals surface area contributed by atoms with Gasteiger partial charge >= 0.3 is 5.97 Å². The molecule has 1 N–H and O–H groups in total. The zero-order chi connectivity index (χ0) is 22.7. The molecule has 2 aromatic carbocycles. The van der Waals surface area contributed by atoms with Crippen molar-refractivity contribution in [2.45, 2.75) is 51.6 Å². The number of rotatable bonds is 7. The van der Waals surface area contributed by atoms with E-state index in [2.05, 4.69) is 11.1 Å². The van der Waals surface area contributed by atoms with Crippen LogP contribution in [0.5, 0.6) is 0 Å². The Morgan fingerprint density at radius 3 is 2.34 bits per heavy atom. The summed E-state index contributed by atoms with van der Waals surface area (Å²) in [6, 6.07) is 15.5. The third kappa shape index (κ3) is 4.55. The Kier molecular flexibility index (Phi) is 6.61. The molecule has 0 saturated heterocycles. The average Bonchev–Trinajstić information content (AvgIpc) is 3.22. The minimum absolute atomic E-state index is 0.0919. The second kappa shape index (κ2) is 9.57. The Morgan fingerprint density at radius 2 is 1.69 bits per heavy atom. The predicted octanol–water partition coefficient (Wildman–Crippen LogP) is 5.03. The van der Waals surface area contributed by atoms with Crippen LogP contribution in [-0.2, 0) is 11.3 Å². The van der Waals surface area contributed by atoms with E-state index >= 15 is 0 Å². The van der Waals surface area contributed by atoms with Crippen molar-refractivity contribution in [2.24, 2.45) is 0 Å². The molecule has 1 heterocycles. The van der Waals surface area contributed by atoms with Crippen molar-refractivity contribution < 1.29 is 14.7 Å². The van der Waals surface area contributed by atoms with Crippen molar-refractivity contribution in [3.8, 4) is 11.1 Å². The van der Waals surface area contributed by atoms with Crippen molar-refractivity contribution in [3.63, 3.8) is 0 Å². The number of aromatic nitrogens is 1. The minimum Gasteiger partial charge on any atom is -0.478 e. The van der Waals surface area contributed by atoms with Crippen LogP contribution >= 0.6 is 0 Å². The van der Waals surface area contributed by atoms with Crippen LogP contribution in [0.25, 0.3) is 22.0 Å². The summed E-state index contributed by atoms with van der Waals surface area (Å²) < 4.78 is 2.00. The molecule has 3 aromatic rings. The van der Waals surface area contributed by atoms with Crippen LogP contribution in [-0.4, -0.2) is 51.2 Å². The van der Waals surface area contributed by atoms with E-state index in [1.54, 1.807) is 12.1 Å². The molecule has 0 radical (unpaired) electrons. The van der Waals surface area contributed by atoms with Crippen LogP contribution in [0, 0.1) is 0 Å². The number of fused-ring (bicyclic) bond motifs is 1.